The van der Waals surface area contributed by atoms with Crippen molar-refractivity contribution in [1.82, 2.24) is 10.3 Å². The van der Waals surface area contributed by atoms with E-state index in [9.17, 15) is 4.79 Å². The maximum Gasteiger partial charge on any atom is 0.240 e. The van der Waals surface area contributed by atoms with Crippen LogP contribution in [0, 0.1) is 6.92 Å². The largest absolute Gasteiger partial charge is 0.467 e. The highest BCUT2D eigenvalue weighted by molar-refractivity contribution is 7.09. The minimum atomic E-state index is -0.276. The van der Waals surface area contributed by atoms with Crippen LogP contribution in [-0.2, 0) is 11.3 Å². The second-order valence-corrected chi connectivity index (χ2v) is 7.98. The van der Waals surface area contributed by atoms with Crippen LogP contribution < -0.4 is 10.2 Å². The minimum Gasteiger partial charge on any atom is -0.467 e. The Morgan fingerprint density at radius 2 is 1.90 bits per heavy atom. The fourth-order valence-corrected chi connectivity index (χ4v) is 3.99. The molecular weight excluding hydrogens is 394 g/mol. The normalized spacial score (nSPS) is 11.8. The molecule has 0 saturated heterocycles. The lowest BCUT2D eigenvalue weighted by Crippen LogP contribution is -2.39. The van der Waals surface area contributed by atoms with Gasteiger partial charge < -0.3 is 14.6 Å². The van der Waals surface area contributed by atoms with Crippen molar-refractivity contribution in [3.63, 3.8) is 0 Å². The molecule has 0 bridgehead atoms. The molecule has 0 saturated carbocycles. The summed E-state index contributed by atoms with van der Waals surface area (Å²) < 4.78 is 5.52. The van der Waals surface area contributed by atoms with E-state index < -0.39 is 0 Å². The highest BCUT2D eigenvalue weighted by Gasteiger charge is 2.21. The Morgan fingerprint density at radius 3 is 2.57 bits per heavy atom. The van der Waals surface area contributed by atoms with Gasteiger partial charge in [-0.15, -0.1) is 11.3 Å². The van der Waals surface area contributed by atoms with E-state index >= 15 is 0 Å². The van der Waals surface area contributed by atoms with Crippen molar-refractivity contribution in [3.05, 3.63) is 106 Å². The summed E-state index contributed by atoms with van der Waals surface area (Å²) in [6.07, 6.45) is 3.41. The van der Waals surface area contributed by atoms with E-state index in [4.69, 9.17) is 4.42 Å². The lowest BCUT2D eigenvalue weighted by atomic mass is 10.1. The molecule has 152 valence electrons. The predicted molar refractivity (Wildman–Crippen MR) is 119 cm³/mol. The molecule has 0 aliphatic rings. The van der Waals surface area contributed by atoms with E-state index in [2.05, 4.69) is 10.3 Å². The third kappa shape index (κ3) is 4.96. The maximum atomic E-state index is 13.1. The van der Waals surface area contributed by atoms with Crippen LogP contribution >= 0.6 is 11.3 Å². The van der Waals surface area contributed by atoms with Gasteiger partial charge >= 0.3 is 0 Å². The monoisotopic (exact) mass is 417 g/mol. The van der Waals surface area contributed by atoms with Crippen LogP contribution in [0.4, 0.5) is 5.69 Å². The summed E-state index contributed by atoms with van der Waals surface area (Å²) in [4.78, 5) is 19.5. The Balaban J connectivity index is 1.54. The number of hydrogen-bond donors (Lipinski definition) is 1. The van der Waals surface area contributed by atoms with Gasteiger partial charge in [0.05, 0.1) is 19.4 Å². The zero-order valence-corrected chi connectivity index (χ0v) is 17.5. The number of nitrogens with one attached hydrogen (secondary N) is 1. The number of amides is 1. The van der Waals surface area contributed by atoms with Crippen LogP contribution in [0.15, 0.2) is 89.0 Å². The molecule has 0 spiro atoms. The topological polar surface area (TPSA) is 58.4 Å². The summed E-state index contributed by atoms with van der Waals surface area (Å²) in [6.45, 7) is 2.76. The molecule has 4 rings (SSSR count). The molecule has 1 atom stereocenters. The summed E-state index contributed by atoms with van der Waals surface area (Å²) in [5, 5.41) is 5.95. The predicted octanol–water partition coefficient (Wildman–Crippen LogP) is 4.96. The van der Waals surface area contributed by atoms with Crippen molar-refractivity contribution in [2.24, 2.45) is 0 Å². The highest BCUT2D eigenvalue weighted by atomic mass is 32.1. The van der Waals surface area contributed by atoms with Gasteiger partial charge in [0.1, 0.15) is 16.8 Å². The van der Waals surface area contributed by atoms with Crippen LogP contribution in [0.1, 0.15) is 27.9 Å². The average Bonchev–Trinajstić information content (AvgIpc) is 3.47. The number of anilines is 1. The van der Waals surface area contributed by atoms with Crippen molar-refractivity contribution in [3.8, 4) is 0 Å². The second-order valence-electron chi connectivity index (χ2n) is 7.05. The van der Waals surface area contributed by atoms with Crippen LogP contribution in [0.25, 0.3) is 0 Å². The Morgan fingerprint density at radius 1 is 1.10 bits per heavy atom. The van der Waals surface area contributed by atoms with E-state index in [1.807, 2.05) is 83.9 Å². The summed E-state index contributed by atoms with van der Waals surface area (Å²) in [5.41, 5.74) is 3.15. The molecule has 0 aliphatic heterocycles. The van der Waals surface area contributed by atoms with Gasteiger partial charge in [0.2, 0.25) is 5.91 Å². The number of furan rings is 1. The number of rotatable bonds is 8. The molecule has 6 heteroatoms. The number of carbonyl (C=O) groups is 1. The smallest absolute Gasteiger partial charge is 0.240 e. The first-order valence-electron chi connectivity index (χ1n) is 9.77. The standard InChI is InChI=1S/C24H23N3O2S/c1-18-9-11-20(12-10-18)27(16-21-8-5-14-29-21)17-22(28)26-23(24-25-13-15-30-24)19-6-3-2-4-7-19/h2-15,23H,16-17H2,1H3,(H,26,28). The zero-order valence-electron chi connectivity index (χ0n) is 16.7. The molecule has 2 aromatic carbocycles. The van der Waals surface area contributed by atoms with Gasteiger partial charge in [-0.05, 0) is 36.8 Å². The minimum absolute atomic E-state index is 0.0776. The highest BCUT2D eigenvalue weighted by Crippen LogP contribution is 2.24. The molecule has 1 amide bonds. The summed E-state index contributed by atoms with van der Waals surface area (Å²) >= 11 is 1.53. The molecule has 0 aliphatic carbocycles. The molecule has 4 aromatic rings. The van der Waals surface area contributed by atoms with Gasteiger partial charge in [-0.1, -0.05) is 48.0 Å². The lowest BCUT2D eigenvalue weighted by molar-refractivity contribution is -0.120. The number of benzene rings is 2. The second kappa shape index (κ2) is 9.41. The fourth-order valence-electron chi connectivity index (χ4n) is 3.27. The van der Waals surface area contributed by atoms with Crippen molar-refractivity contribution in [2.75, 3.05) is 11.4 Å². The SMILES string of the molecule is Cc1ccc(N(CC(=O)NC(c2ccccc2)c2nccs2)Cc2ccco2)cc1. The number of nitrogens with zero attached hydrogens (tertiary/aromatic N) is 2. The molecule has 2 aromatic heterocycles. The number of aryl methyl sites for hydroxylation is 1. The number of hydrogen-bond acceptors (Lipinski definition) is 5. The van der Waals surface area contributed by atoms with E-state index in [0.717, 1.165) is 22.0 Å². The van der Waals surface area contributed by atoms with Gasteiger partial charge in [-0.25, -0.2) is 4.98 Å². The Labute approximate surface area is 180 Å². The first kappa shape index (κ1) is 19.9. The Kier molecular flexibility index (Phi) is 6.25. The molecular formula is C24H23N3O2S. The molecule has 1 N–H and O–H groups in total. The van der Waals surface area contributed by atoms with Gasteiger partial charge in [0.25, 0.3) is 0 Å². The van der Waals surface area contributed by atoms with Crippen molar-refractivity contribution in [2.45, 2.75) is 19.5 Å². The maximum absolute atomic E-state index is 13.1. The third-order valence-corrected chi connectivity index (χ3v) is 5.64. The number of aromatic nitrogens is 1. The number of thiazole rings is 1. The number of carbonyl (C=O) groups excluding carboxylic acids is 1. The van der Waals surface area contributed by atoms with Crippen molar-refractivity contribution in [1.29, 1.82) is 0 Å². The van der Waals surface area contributed by atoms with E-state index in [-0.39, 0.29) is 18.5 Å². The van der Waals surface area contributed by atoms with Crippen LogP contribution in [0.5, 0.6) is 0 Å². The molecule has 0 fully saturated rings. The summed E-state index contributed by atoms with van der Waals surface area (Å²) in [6, 6.07) is 21.6. The zero-order chi connectivity index (χ0) is 20.8. The first-order chi connectivity index (χ1) is 14.7. The van der Waals surface area contributed by atoms with E-state index in [1.165, 1.54) is 16.9 Å². The fraction of sp³-hybridized carbons (Fsp3) is 0.167. The lowest BCUT2D eigenvalue weighted by Gasteiger charge is -2.25. The van der Waals surface area contributed by atoms with Crippen LogP contribution in [-0.4, -0.2) is 17.4 Å². The molecule has 0 radical (unpaired) electrons. The average molecular weight is 418 g/mol. The molecule has 1 unspecified atom stereocenters. The first-order valence-corrected chi connectivity index (χ1v) is 10.6. The Hall–Kier alpha value is -3.38. The third-order valence-electron chi connectivity index (χ3n) is 4.80. The molecule has 2 heterocycles. The van der Waals surface area contributed by atoms with Gasteiger partial charge in [0.15, 0.2) is 0 Å². The van der Waals surface area contributed by atoms with Crippen LogP contribution in [0.2, 0.25) is 0 Å². The van der Waals surface area contributed by atoms with Crippen LogP contribution in [0.3, 0.4) is 0 Å². The summed E-state index contributed by atoms with van der Waals surface area (Å²) in [5.74, 6) is 0.731. The van der Waals surface area contributed by atoms with Crippen molar-refractivity contribution >= 4 is 22.9 Å². The van der Waals surface area contributed by atoms with Gasteiger partial charge in [-0.3, -0.25) is 4.79 Å². The molecule has 5 nitrogen and oxygen atoms in total. The van der Waals surface area contributed by atoms with E-state index in [0.29, 0.717) is 6.54 Å². The summed E-state index contributed by atoms with van der Waals surface area (Å²) in [7, 11) is 0. The molecule has 30 heavy (non-hydrogen) atoms. The Bertz CT molecular complexity index is 1050. The van der Waals surface area contributed by atoms with Gasteiger partial charge in [-0.2, -0.15) is 0 Å². The van der Waals surface area contributed by atoms with Crippen molar-refractivity contribution < 1.29 is 9.21 Å². The van der Waals surface area contributed by atoms with Gasteiger partial charge in [0, 0.05) is 17.3 Å². The van der Waals surface area contributed by atoms with E-state index in [1.54, 1.807) is 12.5 Å². The quantitative estimate of drug-likeness (QED) is 0.440.